The van der Waals surface area contributed by atoms with E-state index in [1.165, 1.54) is 19.3 Å². The minimum Gasteiger partial charge on any atom is -0.383 e. The molecule has 0 aromatic rings. The number of ether oxygens (including phenoxy) is 1. The number of halogens is 1. The summed E-state index contributed by atoms with van der Waals surface area (Å²) in [6.45, 7) is 3.01. The summed E-state index contributed by atoms with van der Waals surface area (Å²) in [4.78, 5) is 26.2. The van der Waals surface area contributed by atoms with Gasteiger partial charge in [0, 0.05) is 38.7 Å². The first-order chi connectivity index (χ1) is 10.7. The van der Waals surface area contributed by atoms with E-state index in [1.54, 1.807) is 7.11 Å². The molecule has 2 N–H and O–H groups in total. The summed E-state index contributed by atoms with van der Waals surface area (Å²) in [7, 11) is 1.64. The number of nitrogens with zero attached hydrogens (tertiary/aromatic N) is 1. The minimum absolute atomic E-state index is 0. The van der Waals surface area contributed by atoms with Crippen LogP contribution in [0.3, 0.4) is 0 Å². The smallest absolute Gasteiger partial charge is 0.234 e. The molecule has 2 rings (SSSR count). The van der Waals surface area contributed by atoms with Crippen LogP contribution >= 0.6 is 12.4 Å². The third-order valence-corrected chi connectivity index (χ3v) is 4.59. The van der Waals surface area contributed by atoms with E-state index in [0.717, 1.165) is 25.8 Å². The summed E-state index contributed by atoms with van der Waals surface area (Å²) in [5, 5.41) is 6.04. The number of methoxy groups -OCH3 is 1. The zero-order valence-corrected chi connectivity index (χ0v) is 14.8. The second kappa shape index (κ2) is 10.8. The summed E-state index contributed by atoms with van der Waals surface area (Å²) in [6.07, 6.45) is 6.56. The topological polar surface area (TPSA) is 70.7 Å². The molecule has 0 spiro atoms. The molecule has 23 heavy (non-hydrogen) atoms. The number of carbonyl (C=O) groups is 2. The molecular weight excluding hydrogens is 318 g/mol. The van der Waals surface area contributed by atoms with E-state index < -0.39 is 0 Å². The van der Waals surface area contributed by atoms with Crippen LogP contribution in [0.25, 0.3) is 0 Å². The van der Waals surface area contributed by atoms with Gasteiger partial charge in [-0.1, -0.05) is 19.3 Å². The lowest BCUT2D eigenvalue weighted by atomic mass is 9.88. The molecule has 134 valence electrons. The monoisotopic (exact) mass is 347 g/mol. The van der Waals surface area contributed by atoms with Gasteiger partial charge in [0.2, 0.25) is 11.8 Å². The van der Waals surface area contributed by atoms with Gasteiger partial charge in [-0.25, -0.2) is 0 Å². The molecule has 1 saturated heterocycles. The Kier molecular flexibility index (Phi) is 9.52. The van der Waals surface area contributed by atoms with Crippen molar-refractivity contribution in [2.75, 3.05) is 39.9 Å². The Morgan fingerprint density at radius 1 is 1.17 bits per heavy atom. The minimum atomic E-state index is -0.00642. The van der Waals surface area contributed by atoms with E-state index in [-0.39, 0.29) is 30.3 Å². The standard InChI is InChI=1S/C16H29N3O3.ClH/c1-22-10-8-17-11-15(20)18-14-7-9-19(12-14)16(21)13-5-3-2-4-6-13;/h13-14,17H,2-12H2,1H3,(H,18,20);1H. The summed E-state index contributed by atoms with van der Waals surface area (Å²) in [5.74, 6) is 0.515. The molecule has 1 aliphatic heterocycles. The molecule has 0 bridgehead atoms. The molecule has 7 heteroatoms. The van der Waals surface area contributed by atoms with Gasteiger partial charge in [-0.3, -0.25) is 9.59 Å². The predicted octanol–water partition coefficient (Wildman–Crippen LogP) is 0.942. The largest absolute Gasteiger partial charge is 0.383 e. The first-order valence-electron chi connectivity index (χ1n) is 8.48. The highest BCUT2D eigenvalue weighted by molar-refractivity contribution is 5.85. The Hall–Kier alpha value is -0.850. The van der Waals surface area contributed by atoms with Crippen LogP contribution in [-0.4, -0.2) is 62.7 Å². The van der Waals surface area contributed by atoms with E-state index in [2.05, 4.69) is 10.6 Å². The maximum Gasteiger partial charge on any atom is 0.234 e. The normalized spacial score (nSPS) is 21.8. The molecule has 1 aliphatic carbocycles. The van der Waals surface area contributed by atoms with Gasteiger partial charge in [0.25, 0.3) is 0 Å². The summed E-state index contributed by atoms with van der Waals surface area (Å²) in [5.41, 5.74) is 0. The Balaban J connectivity index is 0.00000264. The third kappa shape index (κ3) is 6.65. The van der Waals surface area contributed by atoms with Crippen molar-refractivity contribution in [2.24, 2.45) is 5.92 Å². The van der Waals surface area contributed by atoms with Gasteiger partial charge in [0.05, 0.1) is 13.2 Å². The first-order valence-corrected chi connectivity index (χ1v) is 8.48. The number of hydrogen-bond acceptors (Lipinski definition) is 4. The third-order valence-electron chi connectivity index (χ3n) is 4.59. The van der Waals surface area contributed by atoms with Gasteiger partial charge in [-0.05, 0) is 19.3 Å². The molecule has 1 saturated carbocycles. The highest BCUT2D eigenvalue weighted by Crippen LogP contribution is 2.26. The molecular formula is C16H30ClN3O3. The summed E-state index contributed by atoms with van der Waals surface area (Å²) < 4.78 is 4.92. The lowest BCUT2D eigenvalue weighted by Gasteiger charge is -2.26. The van der Waals surface area contributed by atoms with Crippen molar-refractivity contribution in [2.45, 2.75) is 44.6 Å². The van der Waals surface area contributed by atoms with Crippen LogP contribution in [0.15, 0.2) is 0 Å². The van der Waals surface area contributed by atoms with Crippen LogP contribution in [-0.2, 0) is 14.3 Å². The maximum atomic E-state index is 12.5. The molecule has 1 unspecified atom stereocenters. The Morgan fingerprint density at radius 2 is 1.91 bits per heavy atom. The van der Waals surface area contributed by atoms with Crippen LogP contribution in [0.1, 0.15) is 38.5 Å². The maximum absolute atomic E-state index is 12.5. The van der Waals surface area contributed by atoms with Crippen LogP contribution in [0.5, 0.6) is 0 Å². The highest BCUT2D eigenvalue weighted by atomic mass is 35.5. The fourth-order valence-corrected chi connectivity index (χ4v) is 3.34. The van der Waals surface area contributed by atoms with Gasteiger partial charge in [-0.15, -0.1) is 12.4 Å². The SMILES string of the molecule is COCCNCC(=O)NC1CCN(C(=O)C2CCCCC2)C1.Cl. The van der Waals surface area contributed by atoms with E-state index in [4.69, 9.17) is 4.74 Å². The van der Waals surface area contributed by atoms with Crippen molar-refractivity contribution in [1.29, 1.82) is 0 Å². The van der Waals surface area contributed by atoms with E-state index in [0.29, 0.717) is 32.1 Å². The highest BCUT2D eigenvalue weighted by Gasteiger charge is 2.31. The molecule has 6 nitrogen and oxygen atoms in total. The lowest BCUT2D eigenvalue weighted by molar-refractivity contribution is -0.135. The zero-order chi connectivity index (χ0) is 15.8. The fourth-order valence-electron chi connectivity index (χ4n) is 3.34. The molecule has 0 aromatic carbocycles. The summed E-state index contributed by atoms with van der Waals surface area (Å²) >= 11 is 0. The average Bonchev–Trinajstić information content (AvgIpc) is 3.00. The quantitative estimate of drug-likeness (QED) is 0.672. The molecule has 0 aromatic heterocycles. The van der Waals surface area contributed by atoms with Crippen molar-refractivity contribution in [1.82, 2.24) is 15.5 Å². The van der Waals surface area contributed by atoms with Crippen molar-refractivity contribution in [3.05, 3.63) is 0 Å². The molecule has 2 amide bonds. The number of nitrogens with one attached hydrogen (secondary N) is 2. The van der Waals surface area contributed by atoms with Crippen LogP contribution in [0.4, 0.5) is 0 Å². The van der Waals surface area contributed by atoms with Crippen molar-refractivity contribution >= 4 is 24.2 Å². The van der Waals surface area contributed by atoms with E-state index in [1.807, 2.05) is 4.90 Å². The van der Waals surface area contributed by atoms with Gasteiger partial charge < -0.3 is 20.3 Å². The van der Waals surface area contributed by atoms with Gasteiger partial charge >= 0.3 is 0 Å². The van der Waals surface area contributed by atoms with Crippen LogP contribution in [0, 0.1) is 5.92 Å². The van der Waals surface area contributed by atoms with Gasteiger partial charge in [0.1, 0.15) is 0 Å². The summed E-state index contributed by atoms with van der Waals surface area (Å²) in [6, 6.07) is 0.101. The Bertz CT molecular complexity index is 376. The lowest BCUT2D eigenvalue weighted by Crippen LogP contribution is -2.43. The van der Waals surface area contributed by atoms with Crippen LogP contribution in [0.2, 0.25) is 0 Å². The first kappa shape index (κ1) is 20.2. The number of carbonyl (C=O) groups excluding carboxylic acids is 2. The second-order valence-electron chi connectivity index (χ2n) is 6.34. The predicted molar refractivity (Wildman–Crippen MR) is 91.7 cm³/mol. The fraction of sp³-hybridized carbons (Fsp3) is 0.875. The van der Waals surface area contributed by atoms with Crippen molar-refractivity contribution in [3.63, 3.8) is 0 Å². The van der Waals surface area contributed by atoms with Crippen molar-refractivity contribution < 1.29 is 14.3 Å². The Morgan fingerprint density at radius 3 is 2.61 bits per heavy atom. The number of likely N-dealkylation sites (tertiary alicyclic amines) is 1. The number of amides is 2. The molecule has 1 atom stereocenters. The second-order valence-corrected chi connectivity index (χ2v) is 6.34. The molecule has 0 radical (unpaired) electrons. The average molecular weight is 348 g/mol. The van der Waals surface area contributed by atoms with Crippen LogP contribution < -0.4 is 10.6 Å². The molecule has 1 heterocycles. The van der Waals surface area contributed by atoms with Gasteiger partial charge in [-0.2, -0.15) is 0 Å². The number of hydrogen-bond donors (Lipinski definition) is 2. The van der Waals surface area contributed by atoms with E-state index >= 15 is 0 Å². The molecule has 2 aliphatic rings. The Labute approximate surface area is 145 Å². The zero-order valence-electron chi connectivity index (χ0n) is 14.0. The number of rotatable bonds is 7. The van der Waals surface area contributed by atoms with E-state index in [9.17, 15) is 9.59 Å². The van der Waals surface area contributed by atoms with Crippen molar-refractivity contribution in [3.8, 4) is 0 Å². The molecule has 2 fully saturated rings. The van der Waals surface area contributed by atoms with Gasteiger partial charge in [0.15, 0.2) is 0 Å².